The van der Waals surface area contributed by atoms with Gasteiger partial charge in [-0.1, -0.05) is 12.1 Å². The number of benzene rings is 2. The number of rotatable bonds is 5. The van der Waals surface area contributed by atoms with E-state index in [0.29, 0.717) is 27.1 Å². The Morgan fingerprint density at radius 2 is 2.00 bits per heavy atom. The minimum Gasteiger partial charge on any atom is -0.497 e. The third kappa shape index (κ3) is 3.29. The number of aliphatic hydroxyl groups is 1. The van der Waals surface area contributed by atoms with Crippen LogP contribution in [0.4, 0.5) is 4.39 Å². The molecule has 0 aliphatic carbocycles. The fraction of sp³-hybridized carbons (Fsp3) is 0.200. The van der Waals surface area contributed by atoms with Crippen LogP contribution in [-0.2, 0) is 13.2 Å². The van der Waals surface area contributed by atoms with Crippen LogP contribution in [-0.4, -0.2) is 12.2 Å². The number of methoxy groups -OCH3 is 1. The van der Waals surface area contributed by atoms with Crippen LogP contribution < -0.4 is 9.47 Å². The van der Waals surface area contributed by atoms with Gasteiger partial charge in [0.1, 0.15) is 23.9 Å². The van der Waals surface area contributed by atoms with Crippen molar-refractivity contribution < 1.29 is 19.0 Å². The molecule has 0 aliphatic heterocycles. The molecule has 0 spiro atoms. The summed E-state index contributed by atoms with van der Waals surface area (Å²) in [6, 6.07) is 9.94. The van der Waals surface area contributed by atoms with Crippen molar-refractivity contribution in [3.63, 3.8) is 0 Å². The first kappa shape index (κ1) is 14.8. The Kier molecular flexibility index (Phi) is 4.98. The lowest BCUT2D eigenvalue weighted by Crippen LogP contribution is -2.01. The number of aliphatic hydroxyl groups excluding tert-OH is 1. The average molecular weight is 341 g/mol. The first-order valence-electron chi connectivity index (χ1n) is 5.99. The summed E-state index contributed by atoms with van der Waals surface area (Å²) in [6.07, 6.45) is 0. The maximum atomic E-state index is 13.4. The van der Waals surface area contributed by atoms with Gasteiger partial charge >= 0.3 is 0 Å². The summed E-state index contributed by atoms with van der Waals surface area (Å²) in [4.78, 5) is 0. The zero-order valence-electron chi connectivity index (χ0n) is 10.9. The molecule has 2 rings (SSSR count). The van der Waals surface area contributed by atoms with E-state index in [4.69, 9.17) is 9.47 Å². The lowest BCUT2D eigenvalue weighted by Gasteiger charge is -2.12. The molecular formula is C15H14BrFO3. The maximum absolute atomic E-state index is 13.4. The second-order valence-electron chi connectivity index (χ2n) is 4.13. The molecule has 5 heteroatoms. The van der Waals surface area contributed by atoms with Crippen molar-refractivity contribution >= 4 is 15.9 Å². The molecule has 2 aromatic rings. The molecule has 0 aliphatic rings. The molecule has 0 saturated heterocycles. The minimum absolute atomic E-state index is 0.156. The summed E-state index contributed by atoms with van der Waals surface area (Å²) in [5.41, 5.74) is 1.32. The maximum Gasteiger partial charge on any atom is 0.137 e. The SMILES string of the molecule is COc1ccc(OCc2cccc(F)c2Br)c(CO)c1. The van der Waals surface area contributed by atoms with Crippen LogP contribution in [0.3, 0.4) is 0 Å². The molecule has 20 heavy (non-hydrogen) atoms. The van der Waals surface area contributed by atoms with Crippen molar-refractivity contribution in [2.45, 2.75) is 13.2 Å². The van der Waals surface area contributed by atoms with Crippen molar-refractivity contribution in [1.82, 2.24) is 0 Å². The van der Waals surface area contributed by atoms with Gasteiger partial charge in [-0.3, -0.25) is 0 Å². The molecule has 1 N–H and O–H groups in total. The molecular weight excluding hydrogens is 327 g/mol. The molecule has 0 atom stereocenters. The third-order valence-corrected chi connectivity index (χ3v) is 3.74. The van der Waals surface area contributed by atoms with Gasteiger partial charge < -0.3 is 14.6 Å². The molecule has 106 valence electrons. The van der Waals surface area contributed by atoms with Crippen molar-refractivity contribution in [2.24, 2.45) is 0 Å². The van der Waals surface area contributed by atoms with E-state index in [0.717, 1.165) is 0 Å². The van der Waals surface area contributed by atoms with Crippen LogP contribution in [0.1, 0.15) is 11.1 Å². The Balaban J connectivity index is 2.16. The fourth-order valence-electron chi connectivity index (χ4n) is 1.76. The molecule has 2 aromatic carbocycles. The summed E-state index contributed by atoms with van der Waals surface area (Å²) >= 11 is 3.19. The smallest absolute Gasteiger partial charge is 0.137 e. The van der Waals surface area contributed by atoms with Gasteiger partial charge in [-0.15, -0.1) is 0 Å². The van der Waals surface area contributed by atoms with E-state index in [1.54, 1.807) is 37.4 Å². The summed E-state index contributed by atoms with van der Waals surface area (Å²) in [6.45, 7) is 0.0501. The molecule has 0 amide bonds. The van der Waals surface area contributed by atoms with Crippen molar-refractivity contribution in [3.8, 4) is 11.5 Å². The zero-order chi connectivity index (χ0) is 14.5. The second-order valence-corrected chi connectivity index (χ2v) is 4.93. The Morgan fingerprint density at radius 3 is 2.70 bits per heavy atom. The van der Waals surface area contributed by atoms with Gasteiger partial charge in [0.2, 0.25) is 0 Å². The highest BCUT2D eigenvalue weighted by Crippen LogP contribution is 2.27. The summed E-state index contributed by atoms with van der Waals surface area (Å²) in [7, 11) is 1.56. The minimum atomic E-state index is -0.330. The van der Waals surface area contributed by atoms with Crippen molar-refractivity contribution in [1.29, 1.82) is 0 Å². The first-order chi connectivity index (χ1) is 9.65. The van der Waals surface area contributed by atoms with E-state index >= 15 is 0 Å². The molecule has 0 bridgehead atoms. The highest BCUT2D eigenvalue weighted by atomic mass is 79.9. The van der Waals surface area contributed by atoms with Gasteiger partial charge in [-0.25, -0.2) is 4.39 Å². The Hall–Kier alpha value is -1.59. The third-order valence-electron chi connectivity index (χ3n) is 2.85. The summed E-state index contributed by atoms with van der Waals surface area (Å²) in [5, 5.41) is 9.33. The Bertz CT molecular complexity index is 602. The van der Waals surface area contributed by atoms with E-state index < -0.39 is 0 Å². The van der Waals surface area contributed by atoms with Crippen LogP contribution in [0.15, 0.2) is 40.9 Å². The van der Waals surface area contributed by atoms with E-state index in [1.807, 2.05) is 0 Å². The monoisotopic (exact) mass is 340 g/mol. The summed E-state index contributed by atoms with van der Waals surface area (Å²) in [5.74, 6) is 0.862. The van der Waals surface area contributed by atoms with Crippen LogP contribution >= 0.6 is 15.9 Å². The highest BCUT2D eigenvalue weighted by Gasteiger charge is 2.08. The van der Waals surface area contributed by atoms with Gasteiger partial charge in [0.15, 0.2) is 0 Å². The summed E-state index contributed by atoms with van der Waals surface area (Å²) < 4.78 is 24.5. The average Bonchev–Trinajstić information content (AvgIpc) is 2.48. The predicted octanol–water partition coefficient (Wildman–Crippen LogP) is 3.67. The van der Waals surface area contributed by atoms with Crippen LogP contribution in [0, 0.1) is 5.82 Å². The Labute approximate surface area is 125 Å². The van der Waals surface area contributed by atoms with Gasteiger partial charge in [0.05, 0.1) is 18.2 Å². The highest BCUT2D eigenvalue weighted by molar-refractivity contribution is 9.10. The molecule has 0 fully saturated rings. The van der Waals surface area contributed by atoms with E-state index in [2.05, 4.69) is 15.9 Å². The van der Waals surface area contributed by atoms with Crippen LogP contribution in [0.2, 0.25) is 0 Å². The van der Waals surface area contributed by atoms with Crippen LogP contribution in [0.25, 0.3) is 0 Å². The normalized spacial score (nSPS) is 10.4. The number of hydrogen-bond donors (Lipinski definition) is 1. The van der Waals surface area contributed by atoms with Gasteiger partial charge in [-0.2, -0.15) is 0 Å². The largest absolute Gasteiger partial charge is 0.497 e. The molecule has 0 unspecified atom stereocenters. The van der Waals surface area contributed by atoms with Gasteiger partial charge in [0.25, 0.3) is 0 Å². The quantitative estimate of drug-likeness (QED) is 0.902. The lowest BCUT2D eigenvalue weighted by molar-refractivity contribution is 0.257. The van der Waals surface area contributed by atoms with Gasteiger partial charge in [-0.05, 0) is 40.2 Å². The van der Waals surface area contributed by atoms with Crippen molar-refractivity contribution in [2.75, 3.05) is 7.11 Å². The predicted molar refractivity (Wildman–Crippen MR) is 77.3 cm³/mol. The zero-order valence-corrected chi connectivity index (χ0v) is 12.5. The second kappa shape index (κ2) is 6.72. The standard InChI is InChI=1S/C15H14BrFO3/c1-19-12-5-6-14(11(7-12)8-18)20-9-10-3-2-4-13(17)15(10)16/h2-7,18H,8-9H2,1H3. The van der Waals surface area contributed by atoms with E-state index in [9.17, 15) is 9.50 Å². The number of hydrogen-bond acceptors (Lipinski definition) is 3. The first-order valence-corrected chi connectivity index (χ1v) is 6.78. The van der Waals surface area contributed by atoms with Crippen LogP contribution in [0.5, 0.6) is 11.5 Å². The van der Waals surface area contributed by atoms with E-state index in [1.165, 1.54) is 6.07 Å². The van der Waals surface area contributed by atoms with E-state index in [-0.39, 0.29) is 19.0 Å². The van der Waals surface area contributed by atoms with Crippen molar-refractivity contribution in [3.05, 3.63) is 57.8 Å². The topological polar surface area (TPSA) is 38.7 Å². The number of ether oxygens (including phenoxy) is 2. The molecule has 3 nitrogen and oxygen atoms in total. The fourth-order valence-corrected chi connectivity index (χ4v) is 2.14. The lowest BCUT2D eigenvalue weighted by atomic mass is 10.2. The van der Waals surface area contributed by atoms with Gasteiger partial charge in [0, 0.05) is 11.1 Å². The Morgan fingerprint density at radius 1 is 1.20 bits per heavy atom. The molecule has 0 aromatic heterocycles. The molecule has 0 saturated carbocycles. The molecule has 0 heterocycles. The number of halogens is 2. The molecule has 0 radical (unpaired) electrons.